The summed E-state index contributed by atoms with van der Waals surface area (Å²) in [4.78, 5) is 28.1. The van der Waals surface area contributed by atoms with E-state index < -0.39 is 12.1 Å². The molecule has 0 aliphatic carbocycles. The number of hydrogen-bond acceptors (Lipinski definition) is 5. The van der Waals surface area contributed by atoms with Gasteiger partial charge in [-0.1, -0.05) is 53.5 Å². The number of benzene rings is 3. The minimum absolute atomic E-state index is 0.184. The topological polar surface area (TPSA) is 77.1 Å². The highest BCUT2D eigenvalue weighted by Gasteiger charge is 2.30. The smallest absolute Gasteiger partial charge is 0.413 e. The first-order valence-electron chi connectivity index (χ1n) is 11.4. The summed E-state index contributed by atoms with van der Waals surface area (Å²) in [5.41, 5.74) is 2.98. The summed E-state index contributed by atoms with van der Waals surface area (Å²) in [5, 5.41) is 3.40. The summed E-state index contributed by atoms with van der Waals surface area (Å²) in [5.74, 6) is 1.24. The zero-order valence-electron chi connectivity index (χ0n) is 19.9. The van der Waals surface area contributed by atoms with Crippen LogP contribution in [0.15, 0.2) is 60.7 Å². The van der Waals surface area contributed by atoms with E-state index in [1.54, 1.807) is 19.1 Å². The number of amides is 2. The van der Waals surface area contributed by atoms with E-state index in [1.165, 1.54) is 18.2 Å². The Balaban J connectivity index is 1.53. The molecule has 1 atom stereocenters. The van der Waals surface area contributed by atoms with Crippen molar-refractivity contribution in [2.75, 3.05) is 20.8 Å². The van der Waals surface area contributed by atoms with Gasteiger partial charge in [0.2, 0.25) is 5.91 Å². The normalized spacial score (nSPS) is 13.4. The van der Waals surface area contributed by atoms with Gasteiger partial charge in [0.1, 0.15) is 11.8 Å². The van der Waals surface area contributed by atoms with Crippen molar-refractivity contribution in [2.45, 2.75) is 25.4 Å². The molecule has 36 heavy (non-hydrogen) atoms. The van der Waals surface area contributed by atoms with Crippen molar-refractivity contribution in [1.82, 2.24) is 10.2 Å². The third kappa shape index (κ3) is 6.22. The maximum atomic E-state index is 13.6. The van der Waals surface area contributed by atoms with Crippen LogP contribution in [-0.4, -0.2) is 43.7 Å². The fraction of sp³-hybridized carbons (Fsp3) is 0.259. The van der Waals surface area contributed by atoms with Crippen LogP contribution in [-0.2, 0) is 24.2 Å². The van der Waals surface area contributed by atoms with Gasteiger partial charge < -0.3 is 24.4 Å². The molecule has 0 radical (unpaired) electrons. The van der Waals surface area contributed by atoms with E-state index in [-0.39, 0.29) is 11.7 Å². The van der Waals surface area contributed by atoms with Gasteiger partial charge in [0.05, 0.1) is 14.2 Å². The van der Waals surface area contributed by atoms with E-state index in [0.717, 1.165) is 16.7 Å². The van der Waals surface area contributed by atoms with Crippen molar-refractivity contribution in [3.8, 4) is 17.2 Å². The molecule has 1 N–H and O–H groups in total. The van der Waals surface area contributed by atoms with Gasteiger partial charge in [-0.3, -0.25) is 4.79 Å². The number of hydrogen-bond donors (Lipinski definition) is 1. The average molecular weight is 529 g/mol. The zero-order chi connectivity index (χ0) is 25.7. The van der Waals surface area contributed by atoms with Crippen LogP contribution in [0.2, 0.25) is 10.0 Å². The highest BCUT2D eigenvalue weighted by atomic mass is 35.5. The number of rotatable bonds is 7. The van der Waals surface area contributed by atoms with Crippen LogP contribution in [0, 0.1) is 0 Å². The minimum atomic E-state index is -0.837. The Labute approximate surface area is 219 Å². The van der Waals surface area contributed by atoms with Gasteiger partial charge in [0, 0.05) is 29.6 Å². The van der Waals surface area contributed by atoms with Crippen LogP contribution in [0.4, 0.5) is 4.79 Å². The Morgan fingerprint density at radius 3 is 2.22 bits per heavy atom. The first kappa shape index (κ1) is 25.7. The van der Waals surface area contributed by atoms with E-state index >= 15 is 0 Å². The average Bonchev–Trinajstić information content (AvgIpc) is 2.86. The predicted octanol–water partition coefficient (Wildman–Crippen LogP) is 5.30. The number of nitrogens with one attached hydrogen (secondary N) is 1. The first-order chi connectivity index (χ1) is 17.4. The standard InChI is InChI=1S/C27H26Cl2N2O5/c1-34-24-11-18-8-9-31(16-19(18)12-25(24)35-2)26(32)23(10-17-6-4-3-5-7-17)30-27(33)36-22-14-20(28)13-21(29)15-22/h3-7,11-15,23H,8-10,16H2,1-2H3,(H,30,33). The molecule has 0 saturated heterocycles. The van der Waals surface area contributed by atoms with Crippen molar-refractivity contribution >= 4 is 35.2 Å². The number of carbonyl (C=O) groups excluding carboxylic acids is 2. The van der Waals surface area contributed by atoms with E-state index in [0.29, 0.717) is 47.5 Å². The molecule has 3 aromatic rings. The second-order valence-electron chi connectivity index (χ2n) is 8.37. The van der Waals surface area contributed by atoms with Crippen molar-refractivity contribution in [1.29, 1.82) is 0 Å². The quantitative estimate of drug-likeness (QED) is 0.450. The molecule has 9 heteroatoms. The summed E-state index contributed by atoms with van der Waals surface area (Å²) in [6, 6.07) is 17.0. The van der Waals surface area contributed by atoms with E-state index in [9.17, 15) is 9.59 Å². The Hall–Kier alpha value is -3.42. The lowest BCUT2D eigenvalue weighted by molar-refractivity contribution is -0.134. The molecule has 2 amide bonds. The molecule has 0 saturated carbocycles. The summed E-state index contributed by atoms with van der Waals surface area (Å²) in [6.45, 7) is 0.897. The SMILES string of the molecule is COc1cc2c(cc1OC)CN(C(=O)C(Cc1ccccc1)NC(=O)Oc1cc(Cl)cc(Cl)c1)CC2. The Bertz CT molecular complexity index is 1230. The largest absolute Gasteiger partial charge is 0.493 e. The van der Waals surface area contributed by atoms with Gasteiger partial charge in [-0.05, 0) is 53.4 Å². The lowest BCUT2D eigenvalue weighted by Gasteiger charge is -2.32. The molecule has 7 nitrogen and oxygen atoms in total. The zero-order valence-corrected chi connectivity index (χ0v) is 21.4. The number of halogens is 2. The highest BCUT2D eigenvalue weighted by molar-refractivity contribution is 6.34. The van der Waals surface area contributed by atoms with Gasteiger partial charge in [-0.15, -0.1) is 0 Å². The Kier molecular flexibility index (Phi) is 8.23. The molecular weight excluding hydrogens is 503 g/mol. The number of fused-ring (bicyclic) bond motifs is 1. The molecule has 188 valence electrons. The van der Waals surface area contributed by atoms with E-state index in [2.05, 4.69) is 5.32 Å². The fourth-order valence-electron chi connectivity index (χ4n) is 4.21. The summed E-state index contributed by atoms with van der Waals surface area (Å²) >= 11 is 12.0. The number of carbonyl (C=O) groups is 2. The molecule has 0 bridgehead atoms. The molecule has 3 aromatic carbocycles. The first-order valence-corrected chi connectivity index (χ1v) is 12.1. The van der Waals surface area contributed by atoms with Crippen molar-refractivity contribution in [2.24, 2.45) is 0 Å². The van der Waals surface area contributed by atoms with Gasteiger partial charge in [0.15, 0.2) is 11.5 Å². The highest BCUT2D eigenvalue weighted by Crippen LogP contribution is 2.33. The third-order valence-corrected chi connectivity index (χ3v) is 6.39. The van der Waals surface area contributed by atoms with Crippen LogP contribution >= 0.6 is 23.2 Å². The second-order valence-corrected chi connectivity index (χ2v) is 9.24. The van der Waals surface area contributed by atoms with Gasteiger partial charge in [0.25, 0.3) is 0 Å². The van der Waals surface area contributed by atoms with Crippen molar-refractivity contribution < 1.29 is 23.8 Å². The van der Waals surface area contributed by atoms with Crippen LogP contribution in [0.1, 0.15) is 16.7 Å². The third-order valence-electron chi connectivity index (χ3n) is 5.95. The Morgan fingerprint density at radius 2 is 1.58 bits per heavy atom. The lowest BCUT2D eigenvalue weighted by atomic mass is 9.97. The summed E-state index contributed by atoms with van der Waals surface area (Å²) in [6.07, 6.45) is 0.192. The second kappa shape index (κ2) is 11.5. The molecule has 1 heterocycles. The number of methoxy groups -OCH3 is 2. The molecule has 1 aliphatic rings. The predicted molar refractivity (Wildman–Crippen MR) is 138 cm³/mol. The lowest BCUT2D eigenvalue weighted by Crippen LogP contribution is -2.51. The van der Waals surface area contributed by atoms with Crippen molar-refractivity contribution in [3.05, 3.63) is 87.4 Å². The molecular formula is C27H26Cl2N2O5. The molecule has 0 spiro atoms. The monoisotopic (exact) mass is 528 g/mol. The van der Waals surface area contributed by atoms with Crippen LogP contribution in [0.5, 0.6) is 17.2 Å². The van der Waals surface area contributed by atoms with Gasteiger partial charge in [-0.2, -0.15) is 0 Å². The molecule has 0 aromatic heterocycles. The molecule has 1 unspecified atom stereocenters. The summed E-state index contributed by atoms with van der Waals surface area (Å²) in [7, 11) is 3.17. The van der Waals surface area contributed by atoms with Crippen LogP contribution in [0.25, 0.3) is 0 Å². The van der Waals surface area contributed by atoms with E-state index in [4.69, 9.17) is 37.4 Å². The summed E-state index contributed by atoms with van der Waals surface area (Å²) < 4.78 is 16.2. The molecule has 1 aliphatic heterocycles. The van der Waals surface area contributed by atoms with E-state index in [1.807, 2.05) is 42.5 Å². The molecule has 0 fully saturated rings. The maximum absolute atomic E-state index is 13.6. The number of nitrogens with zero attached hydrogens (tertiary/aromatic N) is 1. The molecule has 4 rings (SSSR count). The Morgan fingerprint density at radius 1 is 0.944 bits per heavy atom. The van der Waals surface area contributed by atoms with Crippen LogP contribution in [0.3, 0.4) is 0 Å². The maximum Gasteiger partial charge on any atom is 0.413 e. The van der Waals surface area contributed by atoms with Crippen LogP contribution < -0.4 is 19.5 Å². The number of ether oxygens (including phenoxy) is 3. The van der Waals surface area contributed by atoms with Crippen molar-refractivity contribution in [3.63, 3.8) is 0 Å². The van der Waals surface area contributed by atoms with Gasteiger partial charge in [-0.25, -0.2) is 4.79 Å². The van der Waals surface area contributed by atoms with Gasteiger partial charge >= 0.3 is 6.09 Å². The minimum Gasteiger partial charge on any atom is -0.493 e. The fourth-order valence-corrected chi connectivity index (χ4v) is 4.71.